The average Bonchev–Trinajstić information content (AvgIpc) is 2.37. The van der Waals surface area contributed by atoms with Crippen LogP contribution in [0.15, 0.2) is 59.1 Å². The van der Waals surface area contributed by atoms with E-state index in [0.29, 0.717) is 5.57 Å². The molecule has 0 N–H and O–H groups in total. The maximum atomic E-state index is 9.18. The molecule has 0 fully saturated rings. The molecule has 0 bridgehead atoms. The lowest BCUT2D eigenvalue weighted by atomic mass is 10.0. The molecule has 0 unspecified atom stereocenters. The van der Waals surface area contributed by atoms with Gasteiger partial charge in [0.1, 0.15) is 0 Å². The molecule has 17 heavy (non-hydrogen) atoms. The summed E-state index contributed by atoms with van der Waals surface area (Å²) in [6, 6.07) is 19.8. The van der Waals surface area contributed by atoms with E-state index in [1.807, 2.05) is 60.7 Å². The van der Waals surface area contributed by atoms with Crippen LogP contribution in [-0.4, -0.2) is 0 Å². The van der Waals surface area contributed by atoms with Gasteiger partial charge in [0.15, 0.2) is 0 Å². The Balaban J connectivity index is 2.41. The van der Waals surface area contributed by atoms with Crippen LogP contribution in [0.3, 0.4) is 0 Å². The number of halogens is 1. The molecule has 0 aromatic heterocycles. The fourth-order valence-electron chi connectivity index (χ4n) is 1.56. The summed E-state index contributed by atoms with van der Waals surface area (Å²) in [6.07, 6.45) is 1.89. The van der Waals surface area contributed by atoms with Gasteiger partial charge in [0.05, 0.1) is 11.6 Å². The highest BCUT2D eigenvalue weighted by Crippen LogP contribution is 2.19. The van der Waals surface area contributed by atoms with Crippen molar-refractivity contribution in [2.45, 2.75) is 0 Å². The molecule has 82 valence electrons. The molecule has 0 amide bonds. The highest BCUT2D eigenvalue weighted by atomic mass is 79.9. The summed E-state index contributed by atoms with van der Waals surface area (Å²) in [5.41, 5.74) is 2.62. The van der Waals surface area contributed by atoms with Gasteiger partial charge >= 0.3 is 0 Å². The van der Waals surface area contributed by atoms with Gasteiger partial charge < -0.3 is 0 Å². The Morgan fingerprint density at radius 3 is 2.47 bits per heavy atom. The Hall–Kier alpha value is -1.85. The third-order valence-corrected chi connectivity index (χ3v) is 2.86. The zero-order valence-corrected chi connectivity index (χ0v) is 10.7. The molecule has 0 saturated carbocycles. The summed E-state index contributed by atoms with van der Waals surface area (Å²) in [6.45, 7) is 0. The summed E-state index contributed by atoms with van der Waals surface area (Å²) >= 11 is 3.42. The second-order valence-electron chi connectivity index (χ2n) is 3.59. The zero-order chi connectivity index (χ0) is 12.1. The van der Waals surface area contributed by atoms with Crippen LogP contribution in [0.1, 0.15) is 11.1 Å². The SMILES string of the molecule is N#C/C(=C\c1cccc(Br)c1)c1ccccc1. The topological polar surface area (TPSA) is 23.8 Å². The van der Waals surface area contributed by atoms with Gasteiger partial charge in [-0.25, -0.2) is 0 Å². The molecular formula is C15H10BrN. The lowest BCUT2D eigenvalue weighted by Gasteiger charge is -1.99. The Morgan fingerprint density at radius 1 is 1.06 bits per heavy atom. The lowest BCUT2D eigenvalue weighted by Crippen LogP contribution is -1.81. The molecule has 0 aliphatic rings. The zero-order valence-electron chi connectivity index (χ0n) is 9.10. The van der Waals surface area contributed by atoms with E-state index in [1.165, 1.54) is 0 Å². The lowest BCUT2D eigenvalue weighted by molar-refractivity contribution is 1.52. The molecular weight excluding hydrogens is 274 g/mol. The molecule has 0 saturated heterocycles. The molecule has 2 aromatic rings. The smallest absolute Gasteiger partial charge is 0.0998 e. The van der Waals surface area contributed by atoms with Gasteiger partial charge in [-0.1, -0.05) is 58.4 Å². The van der Waals surface area contributed by atoms with E-state index >= 15 is 0 Å². The molecule has 0 radical (unpaired) electrons. The molecule has 2 aromatic carbocycles. The highest BCUT2D eigenvalue weighted by Gasteiger charge is 1.99. The molecule has 1 nitrogen and oxygen atoms in total. The van der Waals surface area contributed by atoms with Gasteiger partial charge in [-0.15, -0.1) is 0 Å². The average molecular weight is 284 g/mol. The predicted octanol–water partition coefficient (Wildman–Crippen LogP) is 4.51. The van der Waals surface area contributed by atoms with Crippen molar-refractivity contribution in [2.24, 2.45) is 0 Å². The molecule has 0 spiro atoms. The van der Waals surface area contributed by atoms with Crippen LogP contribution >= 0.6 is 15.9 Å². The van der Waals surface area contributed by atoms with E-state index < -0.39 is 0 Å². The van der Waals surface area contributed by atoms with Crippen molar-refractivity contribution >= 4 is 27.6 Å². The summed E-state index contributed by atoms with van der Waals surface area (Å²) in [4.78, 5) is 0. The summed E-state index contributed by atoms with van der Waals surface area (Å²) in [5.74, 6) is 0. The molecule has 0 aliphatic carbocycles. The molecule has 2 heteroatoms. The van der Waals surface area contributed by atoms with Crippen LogP contribution in [0, 0.1) is 11.3 Å². The first-order valence-electron chi connectivity index (χ1n) is 5.22. The predicted molar refractivity (Wildman–Crippen MR) is 74.1 cm³/mol. The van der Waals surface area contributed by atoms with E-state index in [1.54, 1.807) is 0 Å². The third-order valence-electron chi connectivity index (χ3n) is 2.36. The number of nitriles is 1. The van der Waals surface area contributed by atoms with Crippen LogP contribution in [-0.2, 0) is 0 Å². The van der Waals surface area contributed by atoms with E-state index in [2.05, 4.69) is 22.0 Å². The Labute approximate surface area is 109 Å². The van der Waals surface area contributed by atoms with Gasteiger partial charge in [-0.05, 0) is 29.3 Å². The molecule has 0 atom stereocenters. The second kappa shape index (κ2) is 5.47. The largest absolute Gasteiger partial charge is 0.192 e. The summed E-state index contributed by atoms with van der Waals surface area (Å²) in [7, 11) is 0. The van der Waals surface area contributed by atoms with Crippen LogP contribution in [0.25, 0.3) is 11.6 Å². The van der Waals surface area contributed by atoms with E-state index in [4.69, 9.17) is 0 Å². The van der Waals surface area contributed by atoms with Gasteiger partial charge in [-0.3, -0.25) is 0 Å². The summed E-state index contributed by atoms with van der Waals surface area (Å²) in [5, 5.41) is 9.18. The fourth-order valence-corrected chi connectivity index (χ4v) is 1.98. The van der Waals surface area contributed by atoms with Crippen LogP contribution in [0.2, 0.25) is 0 Å². The summed E-state index contributed by atoms with van der Waals surface area (Å²) < 4.78 is 1.01. The molecule has 2 rings (SSSR count). The fraction of sp³-hybridized carbons (Fsp3) is 0. The Morgan fingerprint density at radius 2 is 1.82 bits per heavy atom. The maximum absolute atomic E-state index is 9.18. The van der Waals surface area contributed by atoms with Crippen molar-refractivity contribution in [3.05, 3.63) is 70.2 Å². The molecule has 0 aliphatic heterocycles. The second-order valence-corrected chi connectivity index (χ2v) is 4.51. The minimum atomic E-state index is 0.670. The standard InChI is InChI=1S/C15H10BrN/c16-15-8-4-5-12(10-15)9-14(11-17)13-6-2-1-3-7-13/h1-10H/b14-9+. The first-order chi connectivity index (χ1) is 8.29. The van der Waals surface area contributed by atoms with Crippen LogP contribution in [0.5, 0.6) is 0 Å². The minimum Gasteiger partial charge on any atom is -0.192 e. The number of rotatable bonds is 2. The van der Waals surface area contributed by atoms with E-state index in [9.17, 15) is 5.26 Å². The van der Waals surface area contributed by atoms with Crippen molar-refractivity contribution in [3.8, 4) is 6.07 Å². The van der Waals surface area contributed by atoms with Crippen molar-refractivity contribution in [1.82, 2.24) is 0 Å². The van der Waals surface area contributed by atoms with Crippen molar-refractivity contribution in [3.63, 3.8) is 0 Å². The normalized spacial score (nSPS) is 10.9. The maximum Gasteiger partial charge on any atom is 0.0998 e. The Bertz CT molecular complexity index is 579. The van der Waals surface area contributed by atoms with Gasteiger partial charge in [0.25, 0.3) is 0 Å². The van der Waals surface area contributed by atoms with E-state index in [0.717, 1.165) is 15.6 Å². The van der Waals surface area contributed by atoms with Gasteiger partial charge in [0, 0.05) is 4.47 Å². The van der Waals surface area contributed by atoms with Crippen molar-refractivity contribution in [2.75, 3.05) is 0 Å². The Kier molecular flexibility index (Phi) is 3.74. The van der Waals surface area contributed by atoms with Crippen LogP contribution in [0.4, 0.5) is 0 Å². The number of benzene rings is 2. The monoisotopic (exact) mass is 283 g/mol. The van der Waals surface area contributed by atoms with Gasteiger partial charge in [0.2, 0.25) is 0 Å². The van der Waals surface area contributed by atoms with Crippen LogP contribution < -0.4 is 0 Å². The van der Waals surface area contributed by atoms with Gasteiger partial charge in [-0.2, -0.15) is 5.26 Å². The quantitative estimate of drug-likeness (QED) is 0.588. The van der Waals surface area contributed by atoms with E-state index in [-0.39, 0.29) is 0 Å². The minimum absolute atomic E-state index is 0.670. The first-order valence-corrected chi connectivity index (χ1v) is 6.01. The third kappa shape index (κ3) is 3.05. The highest BCUT2D eigenvalue weighted by molar-refractivity contribution is 9.10. The van der Waals surface area contributed by atoms with Crippen molar-refractivity contribution in [1.29, 1.82) is 5.26 Å². The number of allylic oxidation sites excluding steroid dienone is 1. The molecule has 0 heterocycles. The van der Waals surface area contributed by atoms with Crippen molar-refractivity contribution < 1.29 is 0 Å². The number of nitrogens with zero attached hydrogens (tertiary/aromatic N) is 1. The number of hydrogen-bond acceptors (Lipinski definition) is 1. The first kappa shape index (κ1) is 11.6. The number of hydrogen-bond donors (Lipinski definition) is 0.